The number of rotatable bonds is 6. The Hall–Kier alpha value is -2.56. The molecule has 2 aromatic heterocycles. The average molecular weight is 410 g/mol. The number of carbonyl (C=O) groups excluding carboxylic acids is 1. The van der Waals surface area contributed by atoms with E-state index < -0.39 is 0 Å². The first kappa shape index (κ1) is 20.7. The quantitative estimate of drug-likeness (QED) is 0.795. The molecule has 2 fully saturated rings. The largest absolute Gasteiger partial charge is 0.376 e. The minimum Gasteiger partial charge on any atom is -0.376 e. The summed E-state index contributed by atoms with van der Waals surface area (Å²) in [4.78, 5) is 15.3. The fourth-order valence-electron chi connectivity index (χ4n) is 4.88. The molecule has 0 aromatic carbocycles. The molecule has 0 radical (unpaired) electrons. The van der Waals surface area contributed by atoms with Crippen molar-refractivity contribution >= 4 is 11.7 Å². The van der Waals surface area contributed by atoms with E-state index in [0.717, 1.165) is 50.1 Å². The highest BCUT2D eigenvalue weighted by Gasteiger charge is 2.30. The van der Waals surface area contributed by atoms with Gasteiger partial charge in [0.2, 0.25) is 5.91 Å². The second-order valence-electron chi connectivity index (χ2n) is 8.51. The van der Waals surface area contributed by atoms with E-state index in [0.29, 0.717) is 24.5 Å². The molecule has 7 heteroatoms. The number of nitrogens with zero attached hydrogens (tertiary/aromatic N) is 4. The molecule has 2 aliphatic heterocycles. The van der Waals surface area contributed by atoms with Crippen molar-refractivity contribution in [3.05, 3.63) is 40.8 Å². The molecule has 30 heavy (non-hydrogen) atoms. The maximum absolute atomic E-state index is 13.0. The molecule has 4 rings (SSSR count). The first-order chi connectivity index (χ1) is 14.5. The first-order valence-electron chi connectivity index (χ1n) is 10.9. The summed E-state index contributed by atoms with van der Waals surface area (Å²) in [5.41, 5.74) is 3.74. The van der Waals surface area contributed by atoms with Crippen LogP contribution in [0.25, 0.3) is 0 Å². The van der Waals surface area contributed by atoms with Gasteiger partial charge in [-0.05, 0) is 63.8 Å². The molecule has 0 bridgehead atoms. The highest BCUT2D eigenvalue weighted by atomic mass is 16.5. The normalized spacial score (nSPS) is 21.8. The lowest BCUT2D eigenvalue weighted by Crippen LogP contribution is -2.34. The van der Waals surface area contributed by atoms with E-state index in [1.165, 1.54) is 5.69 Å². The summed E-state index contributed by atoms with van der Waals surface area (Å²) in [6, 6.07) is 6.74. The maximum atomic E-state index is 13.0. The zero-order valence-corrected chi connectivity index (χ0v) is 18.1. The van der Waals surface area contributed by atoms with Gasteiger partial charge in [0.1, 0.15) is 11.9 Å². The van der Waals surface area contributed by atoms with Crippen LogP contribution >= 0.6 is 0 Å². The van der Waals surface area contributed by atoms with E-state index in [9.17, 15) is 10.1 Å². The van der Waals surface area contributed by atoms with Crippen LogP contribution < -0.4 is 5.32 Å². The summed E-state index contributed by atoms with van der Waals surface area (Å²) in [5, 5.41) is 12.8. The van der Waals surface area contributed by atoms with Crippen LogP contribution in [0.5, 0.6) is 0 Å². The predicted molar refractivity (Wildman–Crippen MR) is 115 cm³/mol. The van der Waals surface area contributed by atoms with Crippen molar-refractivity contribution in [2.24, 2.45) is 7.05 Å². The third-order valence-corrected chi connectivity index (χ3v) is 6.64. The molecule has 7 nitrogen and oxygen atoms in total. The topological polar surface area (TPSA) is 75.2 Å². The minimum atomic E-state index is -0.0706. The number of likely N-dealkylation sites (tertiary alicyclic amines) is 1. The van der Waals surface area contributed by atoms with Gasteiger partial charge >= 0.3 is 0 Å². The summed E-state index contributed by atoms with van der Waals surface area (Å²) in [6.45, 7) is 6.63. The average Bonchev–Trinajstić information content (AvgIpc) is 3.49. The first-order valence-corrected chi connectivity index (χ1v) is 10.9. The van der Waals surface area contributed by atoms with Crippen LogP contribution in [-0.4, -0.2) is 45.7 Å². The van der Waals surface area contributed by atoms with Gasteiger partial charge in [-0.25, -0.2) is 0 Å². The lowest BCUT2D eigenvalue weighted by Gasteiger charge is -2.25. The van der Waals surface area contributed by atoms with Crippen molar-refractivity contribution in [2.45, 2.75) is 58.2 Å². The maximum Gasteiger partial charge on any atom is 0.239 e. The van der Waals surface area contributed by atoms with Crippen LogP contribution in [0.2, 0.25) is 0 Å². The van der Waals surface area contributed by atoms with E-state index in [1.54, 1.807) is 0 Å². The summed E-state index contributed by atoms with van der Waals surface area (Å²) in [5.74, 6) is 0.543. The highest BCUT2D eigenvalue weighted by Crippen LogP contribution is 2.32. The lowest BCUT2D eigenvalue weighted by molar-refractivity contribution is -0.117. The number of nitriles is 1. The molecule has 4 heterocycles. The number of hydrogen-bond acceptors (Lipinski definition) is 4. The summed E-state index contributed by atoms with van der Waals surface area (Å²) in [6.07, 6.45) is 6.40. The van der Waals surface area contributed by atoms with Gasteiger partial charge in [-0.1, -0.05) is 0 Å². The van der Waals surface area contributed by atoms with E-state index in [2.05, 4.69) is 50.8 Å². The van der Waals surface area contributed by atoms with Crippen molar-refractivity contribution < 1.29 is 9.53 Å². The molecule has 1 amide bonds. The molecule has 160 valence electrons. The third-order valence-electron chi connectivity index (χ3n) is 6.64. The van der Waals surface area contributed by atoms with Gasteiger partial charge in [0.05, 0.1) is 30.8 Å². The van der Waals surface area contributed by atoms with Crippen molar-refractivity contribution in [3.8, 4) is 6.07 Å². The molecule has 0 spiro atoms. The summed E-state index contributed by atoms with van der Waals surface area (Å²) in [7, 11) is 2.05. The molecule has 1 N–H and O–H groups in total. The Labute approximate surface area is 178 Å². The predicted octanol–water partition coefficient (Wildman–Crippen LogP) is 3.27. The zero-order chi connectivity index (χ0) is 21.3. The van der Waals surface area contributed by atoms with Crippen LogP contribution in [-0.2, 0) is 23.1 Å². The van der Waals surface area contributed by atoms with Crippen molar-refractivity contribution in [1.82, 2.24) is 14.0 Å². The number of aromatic nitrogens is 2. The third kappa shape index (κ3) is 3.90. The van der Waals surface area contributed by atoms with Crippen molar-refractivity contribution in [2.75, 3.05) is 25.0 Å². The molecule has 0 unspecified atom stereocenters. The SMILES string of the molecule is Cc1c(C#N)c(NC(=O)CN2CCC[C@H]2c2cccn2C)n(C[C@@H]2CCCO2)c1C. The zero-order valence-electron chi connectivity index (χ0n) is 18.1. The molecular weight excluding hydrogens is 378 g/mol. The smallest absolute Gasteiger partial charge is 0.239 e. The standard InChI is InChI=1S/C23H31N5O2/c1-16-17(2)28(14-18-7-6-12-30-18)23(19(16)13-24)25-22(29)15-27-11-5-9-21(27)20-8-4-10-26(20)3/h4,8,10,18,21H,5-7,9,11-12,14-15H2,1-3H3,(H,25,29)/t18-,21-/m0/s1. The van der Waals surface area contributed by atoms with E-state index >= 15 is 0 Å². The molecular formula is C23H31N5O2. The van der Waals surface area contributed by atoms with Crippen molar-refractivity contribution in [1.29, 1.82) is 5.26 Å². The van der Waals surface area contributed by atoms with Crippen LogP contribution in [0.3, 0.4) is 0 Å². The Balaban J connectivity index is 1.52. The molecule has 2 atom stereocenters. The van der Waals surface area contributed by atoms with Crippen molar-refractivity contribution in [3.63, 3.8) is 0 Å². The van der Waals surface area contributed by atoms with E-state index in [-0.39, 0.29) is 18.1 Å². The van der Waals surface area contributed by atoms with Gasteiger partial charge in [-0.3, -0.25) is 9.69 Å². The number of amides is 1. The Morgan fingerprint density at radius 3 is 2.83 bits per heavy atom. The van der Waals surface area contributed by atoms with Gasteiger partial charge in [0.15, 0.2) is 0 Å². The Morgan fingerprint density at radius 1 is 1.33 bits per heavy atom. The highest BCUT2D eigenvalue weighted by molar-refractivity contribution is 5.93. The van der Waals surface area contributed by atoms with E-state index in [1.807, 2.05) is 13.8 Å². The van der Waals surface area contributed by atoms with Gasteiger partial charge in [-0.15, -0.1) is 0 Å². The van der Waals surface area contributed by atoms with Crippen LogP contribution in [0, 0.1) is 25.2 Å². The van der Waals surface area contributed by atoms with Crippen LogP contribution in [0.1, 0.15) is 54.2 Å². The monoisotopic (exact) mass is 409 g/mol. The number of ether oxygens (including phenoxy) is 1. The number of aryl methyl sites for hydroxylation is 1. The fraction of sp³-hybridized carbons (Fsp3) is 0.565. The minimum absolute atomic E-state index is 0.0706. The number of carbonyl (C=O) groups is 1. The molecule has 2 aromatic rings. The van der Waals surface area contributed by atoms with Gasteiger partial charge in [0.25, 0.3) is 0 Å². The van der Waals surface area contributed by atoms with Gasteiger partial charge < -0.3 is 19.2 Å². The Bertz CT molecular complexity index is 961. The summed E-state index contributed by atoms with van der Waals surface area (Å²) < 4.78 is 9.99. The fourth-order valence-corrected chi connectivity index (χ4v) is 4.88. The van der Waals surface area contributed by atoms with E-state index in [4.69, 9.17) is 4.74 Å². The Morgan fingerprint density at radius 2 is 2.17 bits per heavy atom. The van der Waals surface area contributed by atoms with Crippen LogP contribution in [0.4, 0.5) is 5.82 Å². The Kier molecular flexibility index (Phi) is 5.98. The van der Waals surface area contributed by atoms with Crippen LogP contribution in [0.15, 0.2) is 18.3 Å². The molecule has 2 aliphatic rings. The lowest BCUT2D eigenvalue weighted by atomic mass is 10.1. The molecule has 0 saturated carbocycles. The van der Waals surface area contributed by atoms with Gasteiger partial charge in [0, 0.05) is 31.2 Å². The molecule has 2 saturated heterocycles. The number of anilines is 1. The second kappa shape index (κ2) is 8.66. The molecule has 0 aliphatic carbocycles. The summed E-state index contributed by atoms with van der Waals surface area (Å²) >= 11 is 0. The van der Waals surface area contributed by atoms with Gasteiger partial charge in [-0.2, -0.15) is 5.26 Å². The number of nitrogens with one attached hydrogen (secondary N) is 1. The number of hydrogen-bond donors (Lipinski definition) is 1. The second-order valence-corrected chi connectivity index (χ2v) is 8.51.